The number of carbonyl (C=O) groups excluding carboxylic acids is 1. The Kier molecular flexibility index (Phi) is 3.79. The van der Waals surface area contributed by atoms with Crippen LogP contribution in [0.4, 0.5) is 5.69 Å². The van der Waals surface area contributed by atoms with Crippen LogP contribution in [-0.2, 0) is 9.53 Å². The van der Waals surface area contributed by atoms with E-state index in [4.69, 9.17) is 23.2 Å². The van der Waals surface area contributed by atoms with E-state index in [0.717, 1.165) is 18.8 Å². The third-order valence-electron chi connectivity index (χ3n) is 2.91. The number of anilines is 1. The van der Waals surface area contributed by atoms with E-state index in [9.17, 15) is 4.79 Å². The van der Waals surface area contributed by atoms with Crippen LogP contribution in [0.1, 0.15) is 6.42 Å². The Balaban J connectivity index is 1.91. The number of nitrogens with zero attached hydrogens (tertiary/aromatic N) is 1. The lowest BCUT2D eigenvalue weighted by Crippen LogP contribution is -2.47. The van der Waals surface area contributed by atoms with Crippen LogP contribution in [0.2, 0.25) is 10.0 Å². The van der Waals surface area contributed by atoms with E-state index in [0.29, 0.717) is 22.4 Å². The van der Waals surface area contributed by atoms with E-state index >= 15 is 0 Å². The van der Waals surface area contributed by atoms with Crippen molar-refractivity contribution in [3.63, 3.8) is 0 Å². The summed E-state index contributed by atoms with van der Waals surface area (Å²) in [5.41, 5.74) is 1.04. The van der Waals surface area contributed by atoms with Crippen molar-refractivity contribution in [2.75, 3.05) is 25.1 Å². The molecule has 17 heavy (non-hydrogen) atoms. The predicted octanol–water partition coefficient (Wildman–Crippen LogP) is 2.99. The SMILES string of the molecule is COC(=O)CC1CN(c2ccc(Cl)c(Cl)c2)C1. The van der Waals surface area contributed by atoms with Crippen molar-refractivity contribution >= 4 is 34.9 Å². The van der Waals surface area contributed by atoms with Gasteiger partial charge in [-0.05, 0) is 18.2 Å². The molecular formula is C12H13Cl2NO2. The first kappa shape index (κ1) is 12.5. The second-order valence-corrected chi connectivity index (χ2v) is 4.96. The fraction of sp³-hybridized carbons (Fsp3) is 0.417. The molecule has 0 saturated carbocycles. The van der Waals surface area contributed by atoms with Gasteiger partial charge < -0.3 is 9.64 Å². The molecule has 0 radical (unpaired) electrons. The van der Waals surface area contributed by atoms with Gasteiger partial charge in [-0.3, -0.25) is 4.79 Å². The number of hydrogen-bond donors (Lipinski definition) is 0. The van der Waals surface area contributed by atoms with E-state index in [1.807, 2.05) is 12.1 Å². The van der Waals surface area contributed by atoms with Crippen molar-refractivity contribution in [1.82, 2.24) is 0 Å². The lowest BCUT2D eigenvalue weighted by atomic mass is 9.95. The highest BCUT2D eigenvalue weighted by atomic mass is 35.5. The minimum Gasteiger partial charge on any atom is -0.469 e. The Morgan fingerprint density at radius 1 is 1.41 bits per heavy atom. The first-order chi connectivity index (χ1) is 8.10. The van der Waals surface area contributed by atoms with Gasteiger partial charge in [0, 0.05) is 24.7 Å². The summed E-state index contributed by atoms with van der Waals surface area (Å²) in [6.45, 7) is 1.71. The van der Waals surface area contributed by atoms with Gasteiger partial charge in [0.25, 0.3) is 0 Å². The molecule has 1 aromatic rings. The van der Waals surface area contributed by atoms with Gasteiger partial charge in [0.15, 0.2) is 0 Å². The Morgan fingerprint density at radius 2 is 2.12 bits per heavy atom. The Labute approximate surface area is 110 Å². The van der Waals surface area contributed by atoms with E-state index in [2.05, 4.69) is 9.64 Å². The van der Waals surface area contributed by atoms with Crippen molar-refractivity contribution in [3.05, 3.63) is 28.2 Å². The molecule has 1 saturated heterocycles. The average molecular weight is 274 g/mol. The molecule has 5 heteroatoms. The molecule has 1 aliphatic rings. The molecule has 0 bridgehead atoms. The number of ether oxygens (including phenoxy) is 1. The highest BCUT2D eigenvalue weighted by molar-refractivity contribution is 6.42. The number of hydrogen-bond acceptors (Lipinski definition) is 3. The second kappa shape index (κ2) is 5.15. The van der Waals surface area contributed by atoms with Crippen molar-refractivity contribution in [2.24, 2.45) is 5.92 Å². The summed E-state index contributed by atoms with van der Waals surface area (Å²) in [6, 6.07) is 5.56. The zero-order valence-corrected chi connectivity index (χ0v) is 11.0. The van der Waals surface area contributed by atoms with Gasteiger partial charge in [-0.15, -0.1) is 0 Å². The van der Waals surface area contributed by atoms with E-state index in [1.54, 1.807) is 6.07 Å². The lowest BCUT2D eigenvalue weighted by Gasteiger charge is -2.40. The van der Waals surface area contributed by atoms with Gasteiger partial charge in [0.1, 0.15) is 0 Å². The van der Waals surface area contributed by atoms with Crippen LogP contribution in [0, 0.1) is 5.92 Å². The molecule has 0 aromatic heterocycles. The third-order valence-corrected chi connectivity index (χ3v) is 3.65. The van der Waals surface area contributed by atoms with E-state index in [1.165, 1.54) is 7.11 Å². The van der Waals surface area contributed by atoms with Gasteiger partial charge in [0.2, 0.25) is 0 Å². The monoisotopic (exact) mass is 273 g/mol. The topological polar surface area (TPSA) is 29.5 Å². The summed E-state index contributed by atoms with van der Waals surface area (Å²) in [5, 5.41) is 1.11. The van der Waals surface area contributed by atoms with Crippen LogP contribution < -0.4 is 4.90 Å². The van der Waals surface area contributed by atoms with Gasteiger partial charge in [0.05, 0.1) is 23.6 Å². The van der Waals surface area contributed by atoms with E-state index < -0.39 is 0 Å². The van der Waals surface area contributed by atoms with Crippen molar-refractivity contribution in [1.29, 1.82) is 0 Å². The fourth-order valence-corrected chi connectivity index (χ4v) is 2.20. The maximum Gasteiger partial charge on any atom is 0.305 e. The molecule has 1 fully saturated rings. The average Bonchev–Trinajstić information content (AvgIpc) is 2.26. The van der Waals surface area contributed by atoms with Gasteiger partial charge >= 0.3 is 5.97 Å². The highest BCUT2D eigenvalue weighted by Crippen LogP contribution is 2.31. The summed E-state index contributed by atoms with van der Waals surface area (Å²) < 4.78 is 4.64. The summed E-state index contributed by atoms with van der Waals surface area (Å²) in [6.07, 6.45) is 0.480. The number of halogens is 2. The summed E-state index contributed by atoms with van der Waals surface area (Å²) >= 11 is 11.8. The molecule has 0 amide bonds. The molecule has 0 N–H and O–H groups in total. The minimum atomic E-state index is -0.149. The quantitative estimate of drug-likeness (QED) is 0.793. The molecular weight excluding hydrogens is 261 g/mol. The molecule has 0 spiro atoms. The Hall–Kier alpha value is -0.930. The zero-order chi connectivity index (χ0) is 12.4. The maximum atomic E-state index is 11.1. The summed E-state index contributed by atoms with van der Waals surface area (Å²) in [4.78, 5) is 13.2. The third kappa shape index (κ3) is 2.85. The van der Waals surface area contributed by atoms with Gasteiger partial charge in [-0.25, -0.2) is 0 Å². The van der Waals surface area contributed by atoms with Crippen LogP contribution in [0.25, 0.3) is 0 Å². The first-order valence-electron chi connectivity index (χ1n) is 5.37. The number of carbonyl (C=O) groups is 1. The van der Waals surface area contributed by atoms with Crippen molar-refractivity contribution in [2.45, 2.75) is 6.42 Å². The number of methoxy groups -OCH3 is 1. The molecule has 1 aliphatic heterocycles. The van der Waals surface area contributed by atoms with Crippen molar-refractivity contribution in [3.8, 4) is 0 Å². The summed E-state index contributed by atoms with van der Waals surface area (Å²) in [5.74, 6) is 0.223. The summed E-state index contributed by atoms with van der Waals surface area (Å²) in [7, 11) is 1.41. The predicted molar refractivity (Wildman–Crippen MR) is 68.8 cm³/mol. The van der Waals surface area contributed by atoms with Gasteiger partial charge in [-0.2, -0.15) is 0 Å². The van der Waals surface area contributed by atoms with Crippen LogP contribution in [-0.4, -0.2) is 26.2 Å². The number of rotatable bonds is 3. The van der Waals surface area contributed by atoms with Crippen LogP contribution in [0.5, 0.6) is 0 Å². The molecule has 2 rings (SSSR count). The fourth-order valence-electron chi connectivity index (χ4n) is 1.91. The Bertz CT molecular complexity index is 431. The standard InChI is InChI=1S/C12H13Cl2NO2/c1-17-12(16)4-8-6-15(7-8)9-2-3-10(13)11(14)5-9/h2-3,5,8H,4,6-7H2,1H3. The lowest BCUT2D eigenvalue weighted by molar-refractivity contribution is -0.141. The van der Waals surface area contributed by atoms with Crippen LogP contribution in [0.15, 0.2) is 18.2 Å². The molecule has 3 nitrogen and oxygen atoms in total. The molecule has 0 unspecified atom stereocenters. The maximum absolute atomic E-state index is 11.1. The number of esters is 1. The normalized spacial score (nSPS) is 15.6. The molecule has 92 valence electrons. The number of benzene rings is 1. The largest absolute Gasteiger partial charge is 0.469 e. The molecule has 1 heterocycles. The Morgan fingerprint density at radius 3 is 2.71 bits per heavy atom. The molecule has 0 atom stereocenters. The second-order valence-electron chi connectivity index (χ2n) is 4.15. The van der Waals surface area contributed by atoms with Gasteiger partial charge in [-0.1, -0.05) is 23.2 Å². The first-order valence-corrected chi connectivity index (χ1v) is 6.12. The molecule has 0 aliphatic carbocycles. The van der Waals surface area contributed by atoms with E-state index in [-0.39, 0.29) is 5.97 Å². The van der Waals surface area contributed by atoms with Crippen LogP contribution in [0.3, 0.4) is 0 Å². The smallest absolute Gasteiger partial charge is 0.305 e. The van der Waals surface area contributed by atoms with Crippen LogP contribution >= 0.6 is 23.2 Å². The zero-order valence-electron chi connectivity index (χ0n) is 9.45. The minimum absolute atomic E-state index is 0.149. The highest BCUT2D eigenvalue weighted by Gasteiger charge is 2.29. The molecule has 1 aromatic carbocycles. The van der Waals surface area contributed by atoms with Crippen molar-refractivity contribution < 1.29 is 9.53 Å².